The summed E-state index contributed by atoms with van der Waals surface area (Å²) in [6.07, 6.45) is 3.27. The van der Waals surface area contributed by atoms with Crippen molar-refractivity contribution in [1.82, 2.24) is 9.88 Å². The number of benzene rings is 1. The van der Waals surface area contributed by atoms with Gasteiger partial charge in [-0.15, -0.1) is 11.3 Å². The Morgan fingerprint density at radius 1 is 1.19 bits per heavy atom. The predicted octanol–water partition coefficient (Wildman–Crippen LogP) is 4.44. The molecule has 1 aromatic carbocycles. The van der Waals surface area contributed by atoms with Crippen molar-refractivity contribution in [3.63, 3.8) is 0 Å². The summed E-state index contributed by atoms with van der Waals surface area (Å²) in [7, 11) is 2.86. The lowest BCUT2D eigenvalue weighted by atomic mass is 9.99. The van der Waals surface area contributed by atoms with Crippen molar-refractivity contribution in [3.05, 3.63) is 80.8 Å². The van der Waals surface area contributed by atoms with Crippen molar-refractivity contribution in [2.75, 3.05) is 14.2 Å². The topological polar surface area (TPSA) is 89.0 Å². The number of halogens is 1. The molecule has 9 heteroatoms. The molecule has 7 nitrogen and oxygen atoms in total. The van der Waals surface area contributed by atoms with Crippen molar-refractivity contribution < 1.29 is 24.2 Å². The van der Waals surface area contributed by atoms with Crippen LogP contribution in [0.2, 0.25) is 5.02 Å². The molecule has 1 N–H and O–H groups in total. The minimum absolute atomic E-state index is 0.0241. The molecule has 1 aliphatic heterocycles. The summed E-state index contributed by atoms with van der Waals surface area (Å²) in [5.74, 6) is -1.29. The first-order chi connectivity index (χ1) is 15.5. The number of Topliss-reactive ketones (excluding diaryl/α,β-unsaturated/α-hetero) is 1. The molecule has 0 aliphatic carbocycles. The summed E-state index contributed by atoms with van der Waals surface area (Å²) >= 11 is 7.57. The van der Waals surface area contributed by atoms with Gasteiger partial charge in [-0.2, -0.15) is 0 Å². The van der Waals surface area contributed by atoms with E-state index in [2.05, 4.69) is 4.98 Å². The number of pyridine rings is 1. The first-order valence-corrected chi connectivity index (χ1v) is 10.8. The number of carbonyl (C=O) groups excluding carboxylic acids is 2. The van der Waals surface area contributed by atoms with Gasteiger partial charge in [0.1, 0.15) is 17.3 Å². The zero-order chi connectivity index (χ0) is 22.8. The lowest BCUT2D eigenvalue weighted by molar-refractivity contribution is -0.140. The Morgan fingerprint density at radius 3 is 2.59 bits per heavy atom. The SMILES string of the molecule is COc1cc(/C(O)=C2\C(=O)C(=O)N(Cc3cccnc3)C2c2cccs2)c(OC)cc1Cl. The summed E-state index contributed by atoms with van der Waals surface area (Å²) in [6, 6.07) is 9.45. The third-order valence-electron chi connectivity index (χ3n) is 5.16. The fraction of sp³-hybridized carbons (Fsp3) is 0.174. The van der Waals surface area contributed by atoms with Crippen molar-refractivity contribution in [2.45, 2.75) is 12.6 Å². The number of aliphatic hydroxyl groups is 1. The molecule has 1 atom stereocenters. The Balaban J connectivity index is 1.89. The maximum Gasteiger partial charge on any atom is 0.295 e. The third-order valence-corrected chi connectivity index (χ3v) is 6.38. The van der Waals surface area contributed by atoms with Crippen LogP contribution < -0.4 is 9.47 Å². The van der Waals surface area contributed by atoms with Gasteiger partial charge in [-0.3, -0.25) is 14.6 Å². The zero-order valence-electron chi connectivity index (χ0n) is 17.2. The molecule has 1 aliphatic rings. The van der Waals surface area contributed by atoms with Crippen LogP contribution in [0.15, 0.2) is 59.7 Å². The van der Waals surface area contributed by atoms with E-state index in [1.165, 1.54) is 42.6 Å². The van der Waals surface area contributed by atoms with Gasteiger partial charge in [0, 0.05) is 29.9 Å². The van der Waals surface area contributed by atoms with E-state index in [1.807, 2.05) is 23.6 Å². The highest BCUT2D eigenvalue weighted by molar-refractivity contribution is 7.10. The second-order valence-corrected chi connectivity index (χ2v) is 8.38. The number of thiophene rings is 1. The molecule has 0 bridgehead atoms. The number of hydrogen-bond acceptors (Lipinski definition) is 7. The van der Waals surface area contributed by atoms with E-state index >= 15 is 0 Å². The molecular formula is C23H19ClN2O5S. The fourth-order valence-corrected chi connectivity index (χ4v) is 4.74. The first kappa shape index (κ1) is 21.9. The van der Waals surface area contributed by atoms with E-state index in [9.17, 15) is 14.7 Å². The average molecular weight is 471 g/mol. The standard InChI is InChI=1S/C23H19ClN2O5S/c1-30-16-10-15(24)17(31-2)9-14(16)21(27)19-20(18-6-4-8-32-18)26(23(29)22(19)28)12-13-5-3-7-25-11-13/h3-11,20,27H,12H2,1-2H3/b21-19+. The molecule has 32 heavy (non-hydrogen) atoms. The van der Waals surface area contributed by atoms with Gasteiger partial charge >= 0.3 is 0 Å². The monoisotopic (exact) mass is 470 g/mol. The lowest BCUT2D eigenvalue weighted by Crippen LogP contribution is -2.28. The highest BCUT2D eigenvalue weighted by Gasteiger charge is 2.46. The molecule has 0 spiro atoms. The normalized spacial score (nSPS) is 17.6. The van der Waals surface area contributed by atoms with Crippen molar-refractivity contribution in [3.8, 4) is 11.5 Å². The van der Waals surface area contributed by atoms with Crippen LogP contribution in [-0.4, -0.2) is 40.9 Å². The number of ketones is 1. The van der Waals surface area contributed by atoms with Crippen molar-refractivity contribution >= 4 is 40.4 Å². The van der Waals surface area contributed by atoms with Crippen molar-refractivity contribution in [1.29, 1.82) is 0 Å². The van der Waals surface area contributed by atoms with Gasteiger partial charge in [-0.1, -0.05) is 23.7 Å². The van der Waals surface area contributed by atoms with Gasteiger partial charge in [-0.25, -0.2) is 0 Å². The molecule has 3 heterocycles. The Morgan fingerprint density at radius 2 is 1.97 bits per heavy atom. The van der Waals surface area contributed by atoms with E-state index in [0.29, 0.717) is 5.75 Å². The third kappa shape index (κ3) is 3.83. The van der Waals surface area contributed by atoms with Gasteiger partial charge in [0.05, 0.1) is 36.4 Å². The van der Waals surface area contributed by atoms with Crippen molar-refractivity contribution in [2.24, 2.45) is 0 Å². The van der Waals surface area contributed by atoms with Gasteiger partial charge in [0.15, 0.2) is 0 Å². The average Bonchev–Trinajstić information content (AvgIpc) is 3.42. The zero-order valence-corrected chi connectivity index (χ0v) is 18.8. The number of carbonyl (C=O) groups is 2. The molecule has 2 aromatic heterocycles. The van der Waals surface area contributed by atoms with Crippen LogP contribution in [0.25, 0.3) is 5.76 Å². The van der Waals surface area contributed by atoms with Crippen LogP contribution in [0.1, 0.15) is 22.0 Å². The number of methoxy groups -OCH3 is 2. The Kier molecular flexibility index (Phi) is 6.16. The second-order valence-electron chi connectivity index (χ2n) is 6.99. The number of ether oxygens (including phenoxy) is 2. The number of rotatable bonds is 6. The fourth-order valence-electron chi connectivity index (χ4n) is 3.66. The van der Waals surface area contributed by atoms with Crippen LogP contribution in [0.3, 0.4) is 0 Å². The molecule has 1 unspecified atom stereocenters. The minimum Gasteiger partial charge on any atom is -0.507 e. The highest BCUT2D eigenvalue weighted by atomic mass is 35.5. The number of likely N-dealkylation sites (tertiary alicyclic amines) is 1. The van der Waals surface area contributed by atoms with Crippen LogP contribution in [0.4, 0.5) is 0 Å². The van der Waals surface area contributed by atoms with Crippen LogP contribution >= 0.6 is 22.9 Å². The van der Waals surface area contributed by atoms with E-state index in [-0.39, 0.29) is 34.2 Å². The van der Waals surface area contributed by atoms with Gasteiger partial charge in [0.25, 0.3) is 11.7 Å². The van der Waals surface area contributed by atoms with E-state index in [0.717, 1.165) is 10.4 Å². The second kappa shape index (κ2) is 9.02. The molecule has 1 amide bonds. The number of amides is 1. The van der Waals surface area contributed by atoms with E-state index in [1.54, 1.807) is 18.5 Å². The largest absolute Gasteiger partial charge is 0.507 e. The van der Waals surface area contributed by atoms with Gasteiger partial charge in [-0.05, 0) is 29.1 Å². The molecule has 4 rings (SSSR count). The molecule has 164 valence electrons. The summed E-state index contributed by atoms with van der Waals surface area (Å²) in [6.45, 7) is 0.166. The molecule has 3 aromatic rings. The summed E-state index contributed by atoms with van der Waals surface area (Å²) in [4.78, 5) is 32.4. The predicted molar refractivity (Wildman–Crippen MR) is 121 cm³/mol. The smallest absolute Gasteiger partial charge is 0.295 e. The summed E-state index contributed by atoms with van der Waals surface area (Å²) in [5.41, 5.74) is 0.945. The van der Waals surface area contributed by atoms with Crippen LogP contribution in [-0.2, 0) is 16.1 Å². The summed E-state index contributed by atoms with van der Waals surface area (Å²) < 4.78 is 10.6. The molecule has 0 saturated carbocycles. The Bertz CT molecular complexity index is 1190. The minimum atomic E-state index is -0.777. The highest BCUT2D eigenvalue weighted by Crippen LogP contribution is 2.44. The molecule has 1 saturated heterocycles. The molecule has 0 radical (unpaired) electrons. The maximum atomic E-state index is 13.1. The number of nitrogens with zero attached hydrogens (tertiary/aromatic N) is 2. The quantitative estimate of drug-likeness (QED) is 0.325. The molecule has 1 fully saturated rings. The van der Waals surface area contributed by atoms with E-state index < -0.39 is 17.7 Å². The van der Waals surface area contributed by atoms with E-state index in [4.69, 9.17) is 21.1 Å². The molecular weight excluding hydrogens is 452 g/mol. The van der Waals surface area contributed by atoms with Gasteiger partial charge < -0.3 is 19.5 Å². The summed E-state index contributed by atoms with van der Waals surface area (Å²) in [5, 5.41) is 13.4. The number of aliphatic hydroxyl groups excluding tert-OH is 1. The van der Waals surface area contributed by atoms with Crippen LogP contribution in [0, 0.1) is 0 Å². The Hall–Kier alpha value is -3.36. The Labute approximate surface area is 193 Å². The maximum absolute atomic E-state index is 13.1. The van der Waals surface area contributed by atoms with Gasteiger partial charge in [0.2, 0.25) is 0 Å². The first-order valence-electron chi connectivity index (χ1n) is 9.58. The number of aromatic nitrogens is 1. The van der Waals surface area contributed by atoms with Crippen LogP contribution in [0.5, 0.6) is 11.5 Å². The number of hydrogen-bond donors (Lipinski definition) is 1. The lowest BCUT2D eigenvalue weighted by Gasteiger charge is -2.24.